The number of hydrogen-bond donors (Lipinski definition) is 0. The Morgan fingerprint density at radius 1 is 0.447 bits per heavy atom. The molecule has 3 aromatic heterocycles. The molecule has 7 rings (SSSR count). The second-order valence-corrected chi connectivity index (χ2v) is 25.2. The van der Waals surface area contributed by atoms with E-state index in [1.54, 1.807) is 0 Å². The first-order valence-corrected chi connectivity index (χ1v) is 23.3. The maximum absolute atomic E-state index is 5.03. The number of hydrogen-bond acceptors (Lipinski definition) is 5. The van der Waals surface area contributed by atoms with Crippen molar-refractivity contribution in [1.82, 2.24) is 24.9 Å². The summed E-state index contributed by atoms with van der Waals surface area (Å²) >= 11 is 0. The molecule has 0 bridgehead atoms. The number of aromatic nitrogens is 5. The normalized spacial score (nSPS) is 13.7. The maximum Gasteiger partial charge on any atom is 0.165 e. The minimum absolute atomic E-state index is 0.0598. The summed E-state index contributed by atoms with van der Waals surface area (Å²) in [4.78, 5) is 24.7. The van der Waals surface area contributed by atoms with Gasteiger partial charge in [-0.15, -0.1) is 0 Å². The molecular formula is C40H41N5Si2. The predicted octanol–water partition coefficient (Wildman–Crippen LogP) is 8.73. The van der Waals surface area contributed by atoms with Crippen LogP contribution < -0.4 is 10.6 Å². The van der Waals surface area contributed by atoms with Crippen molar-refractivity contribution >= 4 is 26.8 Å². The summed E-state index contributed by atoms with van der Waals surface area (Å²) < 4.78 is 0. The lowest BCUT2D eigenvalue weighted by atomic mass is 9.81. The Morgan fingerprint density at radius 3 is 1.49 bits per heavy atom. The van der Waals surface area contributed by atoms with E-state index in [0.29, 0.717) is 17.5 Å². The number of benzene rings is 3. The zero-order valence-corrected chi connectivity index (χ0v) is 30.6. The van der Waals surface area contributed by atoms with Gasteiger partial charge in [0, 0.05) is 45.1 Å². The summed E-state index contributed by atoms with van der Waals surface area (Å²) in [6, 6.07) is 32.6. The van der Waals surface area contributed by atoms with E-state index in [2.05, 4.69) is 144 Å². The molecule has 0 atom stereocenters. The molecule has 0 spiro atoms. The molecule has 6 aromatic rings. The van der Waals surface area contributed by atoms with E-state index in [4.69, 9.17) is 24.9 Å². The third-order valence-corrected chi connectivity index (χ3v) is 12.9. The lowest BCUT2D eigenvalue weighted by Gasteiger charge is -2.22. The van der Waals surface area contributed by atoms with Crippen LogP contribution in [0.2, 0.25) is 39.3 Å². The van der Waals surface area contributed by atoms with Crippen LogP contribution in [0.3, 0.4) is 0 Å². The van der Waals surface area contributed by atoms with Gasteiger partial charge in [-0.25, -0.2) is 15.0 Å². The van der Waals surface area contributed by atoms with Crippen LogP contribution in [0, 0.1) is 0 Å². The van der Waals surface area contributed by atoms with Crippen LogP contribution in [0.5, 0.6) is 0 Å². The van der Waals surface area contributed by atoms with Crippen LogP contribution in [0.25, 0.3) is 56.4 Å². The molecule has 3 heterocycles. The molecular weight excluding hydrogens is 607 g/mol. The average Bonchev–Trinajstić information content (AvgIpc) is 3.30. The minimum atomic E-state index is -1.55. The molecule has 47 heavy (non-hydrogen) atoms. The number of nitrogens with zero attached hydrogens (tertiary/aromatic N) is 5. The molecule has 0 saturated heterocycles. The van der Waals surface area contributed by atoms with Gasteiger partial charge in [0.05, 0.1) is 0 Å². The van der Waals surface area contributed by atoms with Crippen molar-refractivity contribution in [3.63, 3.8) is 0 Å². The summed E-state index contributed by atoms with van der Waals surface area (Å²) in [7, 11) is -3.09. The zero-order valence-electron chi connectivity index (χ0n) is 28.6. The zero-order chi connectivity index (χ0) is 33.1. The Bertz CT molecular complexity index is 2050. The van der Waals surface area contributed by atoms with E-state index < -0.39 is 16.1 Å². The fraction of sp³-hybridized carbons (Fsp3) is 0.225. The first-order chi connectivity index (χ1) is 22.3. The van der Waals surface area contributed by atoms with Gasteiger partial charge in [-0.3, -0.25) is 9.97 Å². The van der Waals surface area contributed by atoms with Gasteiger partial charge < -0.3 is 0 Å². The molecule has 3 aromatic carbocycles. The Hall–Kier alpha value is -4.60. The molecule has 0 saturated carbocycles. The van der Waals surface area contributed by atoms with Crippen LogP contribution in [0.4, 0.5) is 0 Å². The van der Waals surface area contributed by atoms with Crippen molar-refractivity contribution in [1.29, 1.82) is 0 Å². The fourth-order valence-electron chi connectivity index (χ4n) is 6.42. The summed E-state index contributed by atoms with van der Waals surface area (Å²) in [6.45, 7) is 18.5. The second-order valence-electron chi connectivity index (χ2n) is 15.2. The van der Waals surface area contributed by atoms with Gasteiger partial charge in [-0.2, -0.15) is 0 Å². The van der Waals surface area contributed by atoms with E-state index in [9.17, 15) is 0 Å². The molecule has 5 nitrogen and oxygen atoms in total. The van der Waals surface area contributed by atoms with Crippen molar-refractivity contribution in [3.8, 4) is 56.4 Å². The van der Waals surface area contributed by atoms with Gasteiger partial charge in [-0.05, 0) is 69.8 Å². The first-order valence-electron chi connectivity index (χ1n) is 16.3. The molecule has 0 amide bonds. The molecule has 0 aliphatic heterocycles. The third kappa shape index (κ3) is 5.79. The molecule has 0 N–H and O–H groups in total. The van der Waals surface area contributed by atoms with Crippen LogP contribution in [-0.2, 0) is 5.41 Å². The van der Waals surface area contributed by atoms with Crippen molar-refractivity contribution in [2.75, 3.05) is 0 Å². The molecule has 1 aliphatic rings. The summed E-state index contributed by atoms with van der Waals surface area (Å²) in [5, 5.41) is 2.32. The highest BCUT2D eigenvalue weighted by molar-refractivity contribution is 6.88. The smallest absolute Gasteiger partial charge is 0.165 e. The molecule has 0 fully saturated rings. The Balaban J connectivity index is 1.32. The van der Waals surface area contributed by atoms with Crippen molar-refractivity contribution < 1.29 is 0 Å². The fourth-order valence-corrected chi connectivity index (χ4v) is 8.49. The summed E-state index contributed by atoms with van der Waals surface area (Å²) in [6.07, 6.45) is 3.81. The first kappa shape index (κ1) is 31.0. The monoisotopic (exact) mass is 647 g/mol. The quantitative estimate of drug-likeness (QED) is 0.169. The van der Waals surface area contributed by atoms with Gasteiger partial charge >= 0.3 is 0 Å². The van der Waals surface area contributed by atoms with E-state index in [-0.39, 0.29) is 5.41 Å². The lowest BCUT2D eigenvalue weighted by Crippen LogP contribution is -2.39. The van der Waals surface area contributed by atoms with Crippen molar-refractivity contribution in [2.24, 2.45) is 0 Å². The molecule has 7 heteroatoms. The molecule has 234 valence electrons. The van der Waals surface area contributed by atoms with Gasteiger partial charge in [0.2, 0.25) is 0 Å². The van der Waals surface area contributed by atoms with Crippen LogP contribution in [-0.4, -0.2) is 41.1 Å². The Morgan fingerprint density at radius 2 is 0.936 bits per heavy atom. The summed E-state index contributed by atoms with van der Waals surface area (Å²) in [5.41, 5.74) is 10.3. The SMILES string of the molecule is CC1(C)c2ccccc2-c2ccc(-c3cccc(-c4nc(-c5ccc([Si](C)(C)C)nc5)nc(-c5ccc([Si](C)(C)C)nc5)n4)c3)cc21. The largest absolute Gasteiger partial charge is 0.265 e. The summed E-state index contributed by atoms with van der Waals surface area (Å²) in [5.74, 6) is 1.84. The Labute approximate surface area is 280 Å². The van der Waals surface area contributed by atoms with Crippen LogP contribution >= 0.6 is 0 Å². The highest BCUT2D eigenvalue weighted by atomic mass is 28.3. The van der Waals surface area contributed by atoms with Gasteiger partial charge in [0.1, 0.15) is 16.1 Å². The van der Waals surface area contributed by atoms with Gasteiger partial charge in [0.25, 0.3) is 0 Å². The highest BCUT2D eigenvalue weighted by Gasteiger charge is 2.35. The van der Waals surface area contributed by atoms with E-state index in [0.717, 1.165) is 32.9 Å². The minimum Gasteiger partial charge on any atom is -0.265 e. The number of pyridine rings is 2. The Kier molecular flexibility index (Phi) is 7.45. The van der Waals surface area contributed by atoms with Crippen molar-refractivity contribution in [3.05, 3.63) is 115 Å². The second kappa shape index (κ2) is 11.3. The van der Waals surface area contributed by atoms with Crippen LogP contribution in [0.1, 0.15) is 25.0 Å². The molecule has 0 radical (unpaired) electrons. The highest BCUT2D eigenvalue weighted by Crippen LogP contribution is 2.49. The van der Waals surface area contributed by atoms with E-state index in [1.165, 1.54) is 27.8 Å². The number of fused-ring (bicyclic) bond motifs is 3. The van der Waals surface area contributed by atoms with Gasteiger partial charge in [0.15, 0.2) is 17.5 Å². The molecule has 0 unspecified atom stereocenters. The topological polar surface area (TPSA) is 64.5 Å². The standard InChI is InChI=1S/C40H41N5Si2/c1-40(2)33-15-10-9-14-31(33)32-19-16-27(23-34(32)40)26-12-11-13-28(22-26)37-43-38(29-17-20-35(41-24-29)46(3,4)5)45-39(44-37)30-18-21-36(42-25-30)47(6,7)8/h9-25H,1-8H3. The maximum atomic E-state index is 5.03. The van der Waals surface area contributed by atoms with E-state index >= 15 is 0 Å². The van der Waals surface area contributed by atoms with Gasteiger partial charge in [-0.1, -0.05) is 108 Å². The third-order valence-electron chi connectivity index (χ3n) is 9.25. The average molecular weight is 648 g/mol. The number of rotatable bonds is 6. The van der Waals surface area contributed by atoms with Crippen molar-refractivity contribution in [2.45, 2.75) is 58.5 Å². The molecule has 1 aliphatic carbocycles. The lowest BCUT2D eigenvalue weighted by molar-refractivity contribution is 0.660. The van der Waals surface area contributed by atoms with E-state index in [1.807, 2.05) is 12.4 Å². The van der Waals surface area contributed by atoms with Crippen LogP contribution in [0.15, 0.2) is 103 Å². The predicted molar refractivity (Wildman–Crippen MR) is 201 cm³/mol.